The van der Waals surface area contributed by atoms with Crippen LogP contribution in [0.1, 0.15) is 57.3 Å². The largest absolute Gasteiger partial charge is 0.468 e. The molecule has 6 nitrogen and oxygen atoms in total. The second kappa shape index (κ2) is 10.1. The summed E-state index contributed by atoms with van der Waals surface area (Å²) in [5.41, 5.74) is 0. The Morgan fingerprint density at radius 2 is 2.15 bits per heavy atom. The van der Waals surface area contributed by atoms with Gasteiger partial charge < -0.3 is 19.8 Å². The van der Waals surface area contributed by atoms with E-state index in [1.54, 1.807) is 6.26 Å². The van der Waals surface area contributed by atoms with Gasteiger partial charge in [-0.15, -0.1) is 24.0 Å². The molecular formula is C20H33IN4O2. The van der Waals surface area contributed by atoms with Crippen molar-refractivity contribution < 1.29 is 9.15 Å². The van der Waals surface area contributed by atoms with Crippen molar-refractivity contribution in [1.82, 2.24) is 15.5 Å². The van der Waals surface area contributed by atoms with Crippen molar-refractivity contribution in [3.8, 4) is 0 Å². The molecule has 0 spiro atoms. The van der Waals surface area contributed by atoms with Crippen molar-refractivity contribution in [2.45, 2.75) is 69.7 Å². The van der Waals surface area contributed by atoms with E-state index < -0.39 is 0 Å². The molecule has 3 saturated heterocycles. The van der Waals surface area contributed by atoms with Gasteiger partial charge in [-0.05, 0) is 64.3 Å². The van der Waals surface area contributed by atoms with Crippen LogP contribution in [-0.2, 0) is 4.74 Å². The molecule has 4 rings (SSSR count). The van der Waals surface area contributed by atoms with Gasteiger partial charge in [0.2, 0.25) is 0 Å². The summed E-state index contributed by atoms with van der Waals surface area (Å²) in [6.45, 7) is 5.95. The minimum Gasteiger partial charge on any atom is -0.468 e. The van der Waals surface area contributed by atoms with Crippen LogP contribution in [0.3, 0.4) is 0 Å². The molecule has 2 N–H and O–H groups in total. The van der Waals surface area contributed by atoms with Crippen molar-refractivity contribution >= 4 is 29.9 Å². The molecule has 0 radical (unpaired) electrons. The summed E-state index contributed by atoms with van der Waals surface area (Å²) < 4.78 is 11.7. The van der Waals surface area contributed by atoms with Crippen molar-refractivity contribution in [3.05, 3.63) is 24.2 Å². The number of fused-ring (bicyclic) bond motifs is 2. The van der Waals surface area contributed by atoms with Gasteiger partial charge in [-0.3, -0.25) is 9.89 Å². The Bertz CT molecular complexity index is 589. The van der Waals surface area contributed by atoms with E-state index in [9.17, 15) is 0 Å². The molecule has 2 bridgehead atoms. The molecule has 27 heavy (non-hydrogen) atoms. The highest BCUT2D eigenvalue weighted by molar-refractivity contribution is 14.0. The van der Waals surface area contributed by atoms with Crippen molar-refractivity contribution in [2.75, 3.05) is 26.2 Å². The number of aliphatic imine (C=N–C) groups is 1. The summed E-state index contributed by atoms with van der Waals surface area (Å²) in [7, 11) is 0. The lowest BCUT2D eigenvalue weighted by molar-refractivity contribution is 0.0992. The smallest absolute Gasteiger partial charge is 0.191 e. The van der Waals surface area contributed by atoms with Gasteiger partial charge in [0.1, 0.15) is 5.76 Å². The van der Waals surface area contributed by atoms with E-state index in [4.69, 9.17) is 14.1 Å². The highest BCUT2D eigenvalue weighted by atomic mass is 127. The van der Waals surface area contributed by atoms with Crippen LogP contribution in [-0.4, -0.2) is 55.3 Å². The Labute approximate surface area is 179 Å². The SMILES string of the molecule is CCNC(=NCC(c1ccco1)N1CCCCC1)NC1CC2CCC1O2.I. The Hall–Kier alpha value is -0.800. The lowest BCUT2D eigenvalue weighted by Crippen LogP contribution is -2.47. The number of hydrogen-bond donors (Lipinski definition) is 2. The molecule has 3 aliphatic heterocycles. The topological polar surface area (TPSA) is 62.0 Å². The molecule has 3 fully saturated rings. The van der Waals surface area contributed by atoms with Crippen molar-refractivity contribution in [2.24, 2.45) is 4.99 Å². The minimum atomic E-state index is 0. The zero-order valence-corrected chi connectivity index (χ0v) is 18.6. The maximum atomic E-state index is 5.98. The molecule has 1 aromatic rings. The second-order valence-corrected chi connectivity index (χ2v) is 7.71. The van der Waals surface area contributed by atoms with Gasteiger partial charge in [0.05, 0.1) is 37.1 Å². The first-order valence-electron chi connectivity index (χ1n) is 10.3. The summed E-state index contributed by atoms with van der Waals surface area (Å²) in [5, 5.41) is 7.02. The first kappa shape index (κ1) is 20.9. The summed E-state index contributed by atoms with van der Waals surface area (Å²) in [5.74, 6) is 1.93. The van der Waals surface area contributed by atoms with Crippen LogP contribution in [0.15, 0.2) is 27.8 Å². The Morgan fingerprint density at radius 3 is 2.78 bits per heavy atom. The monoisotopic (exact) mass is 488 g/mol. The summed E-state index contributed by atoms with van der Waals surface area (Å²) in [6, 6.07) is 4.67. The van der Waals surface area contributed by atoms with Gasteiger partial charge in [0.15, 0.2) is 5.96 Å². The number of rotatable bonds is 6. The standard InChI is InChI=1S/C20H32N4O2.HI/c1-2-21-20(23-16-13-15-8-9-18(16)26-15)22-14-17(19-7-6-12-25-19)24-10-4-3-5-11-24;/h6-7,12,15-18H,2-5,8-11,13-14H2,1H3,(H2,21,22,23);1H. The van der Waals surface area contributed by atoms with E-state index >= 15 is 0 Å². The molecule has 0 saturated carbocycles. The molecule has 152 valence electrons. The van der Waals surface area contributed by atoms with Crippen LogP contribution in [0, 0.1) is 0 Å². The number of likely N-dealkylation sites (tertiary alicyclic amines) is 1. The highest BCUT2D eigenvalue weighted by Gasteiger charge is 2.41. The van der Waals surface area contributed by atoms with E-state index in [0.29, 0.717) is 24.8 Å². The van der Waals surface area contributed by atoms with Gasteiger partial charge in [-0.1, -0.05) is 6.42 Å². The molecule has 1 aromatic heterocycles. The molecule has 4 unspecified atom stereocenters. The van der Waals surface area contributed by atoms with E-state index in [2.05, 4.69) is 28.5 Å². The second-order valence-electron chi connectivity index (χ2n) is 7.71. The number of furan rings is 1. The molecule has 7 heteroatoms. The zero-order valence-electron chi connectivity index (χ0n) is 16.2. The lowest BCUT2D eigenvalue weighted by atomic mass is 9.96. The number of guanidine groups is 1. The first-order chi connectivity index (χ1) is 12.8. The molecule has 4 heterocycles. The predicted octanol–water partition coefficient (Wildman–Crippen LogP) is 3.30. The third kappa shape index (κ3) is 5.17. The van der Waals surface area contributed by atoms with Gasteiger partial charge in [-0.2, -0.15) is 0 Å². The number of nitrogens with zero attached hydrogens (tertiary/aromatic N) is 2. The molecule has 4 atom stereocenters. The average molecular weight is 488 g/mol. The van der Waals surface area contributed by atoms with E-state index in [1.807, 2.05) is 6.07 Å². The third-order valence-electron chi connectivity index (χ3n) is 5.90. The van der Waals surface area contributed by atoms with E-state index in [0.717, 1.165) is 37.8 Å². The van der Waals surface area contributed by atoms with Gasteiger partial charge in [0, 0.05) is 6.54 Å². The van der Waals surface area contributed by atoms with Gasteiger partial charge in [-0.25, -0.2) is 0 Å². The fraction of sp³-hybridized carbons (Fsp3) is 0.750. The summed E-state index contributed by atoms with van der Waals surface area (Å²) >= 11 is 0. The van der Waals surface area contributed by atoms with Crippen LogP contribution >= 0.6 is 24.0 Å². The fourth-order valence-electron chi connectivity index (χ4n) is 4.56. The Balaban J connectivity index is 0.00000210. The summed E-state index contributed by atoms with van der Waals surface area (Å²) in [6.07, 6.45) is 9.92. The van der Waals surface area contributed by atoms with Crippen LogP contribution < -0.4 is 10.6 Å². The summed E-state index contributed by atoms with van der Waals surface area (Å²) in [4.78, 5) is 7.45. The first-order valence-corrected chi connectivity index (χ1v) is 10.3. The number of piperidine rings is 1. The zero-order chi connectivity index (χ0) is 17.8. The molecule has 0 amide bonds. The number of nitrogens with one attached hydrogen (secondary N) is 2. The molecule has 0 aromatic carbocycles. The van der Waals surface area contributed by atoms with Crippen LogP contribution in [0.2, 0.25) is 0 Å². The quantitative estimate of drug-likeness (QED) is 0.366. The maximum absolute atomic E-state index is 5.98. The number of ether oxygens (including phenoxy) is 1. The predicted molar refractivity (Wildman–Crippen MR) is 118 cm³/mol. The van der Waals surface area contributed by atoms with Crippen LogP contribution in [0.25, 0.3) is 0 Å². The van der Waals surface area contributed by atoms with Gasteiger partial charge >= 0.3 is 0 Å². The highest BCUT2D eigenvalue weighted by Crippen LogP contribution is 2.34. The Kier molecular flexibility index (Phi) is 7.84. The number of hydrogen-bond acceptors (Lipinski definition) is 4. The molecule has 3 aliphatic rings. The fourth-order valence-corrected chi connectivity index (χ4v) is 4.56. The molecule has 0 aliphatic carbocycles. The van der Waals surface area contributed by atoms with Crippen molar-refractivity contribution in [3.63, 3.8) is 0 Å². The lowest BCUT2D eigenvalue weighted by Gasteiger charge is -2.32. The van der Waals surface area contributed by atoms with E-state index in [1.165, 1.54) is 32.1 Å². The van der Waals surface area contributed by atoms with Crippen LogP contribution in [0.4, 0.5) is 0 Å². The normalized spacial score (nSPS) is 29.4. The Morgan fingerprint density at radius 1 is 1.30 bits per heavy atom. The molecular weight excluding hydrogens is 455 g/mol. The van der Waals surface area contributed by atoms with Crippen LogP contribution in [0.5, 0.6) is 0 Å². The average Bonchev–Trinajstić information content (AvgIpc) is 3.41. The minimum absolute atomic E-state index is 0. The van der Waals surface area contributed by atoms with Gasteiger partial charge in [0.25, 0.3) is 0 Å². The maximum Gasteiger partial charge on any atom is 0.191 e. The van der Waals surface area contributed by atoms with E-state index in [-0.39, 0.29) is 30.0 Å². The third-order valence-corrected chi connectivity index (χ3v) is 5.90. The number of halogens is 1. The van der Waals surface area contributed by atoms with Crippen molar-refractivity contribution in [1.29, 1.82) is 0 Å².